The predicted octanol–water partition coefficient (Wildman–Crippen LogP) is 0.128. The second-order valence-electron chi connectivity index (χ2n) is 4.00. The van der Waals surface area contributed by atoms with Gasteiger partial charge in [0.1, 0.15) is 25.3 Å². The highest BCUT2D eigenvalue weighted by Crippen LogP contribution is 2.06. The van der Waals surface area contributed by atoms with Crippen LogP contribution in [0.2, 0.25) is 0 Å². The van der Waals surface area contributed by atoms with Crippen LogP contribution in [0, 0.1) is 0 Å². The zero-order chi connectivity index (χ0) is 15.6. The van der Waals surface area contributed by atoms with Crippen molar-refractivity contribution in [2.24, 2.45) is 0 Å². The van der Waals surface area contributed by atoms with Crippen molar-refractivity contribution < 1.29 is 19.1 Å². The third kappa shape index (κ3) is 5.53. The van der Waals surface area contributed by atoms with Gasteiger partial charge in [-0.2, -0.15) is 19.9 Å². The molecule has 0 spiro atoms. The van der Waals surface area contributed by atoms with Gasteiger partial charge in [-0.05, 0) is 12.8 Å². The lowest BCUT2D eigenvalue weighted by molar-refractivity contribution is -0.137. The highest BCUT2D eigenvalue weighted by Gasteiger charge is 2.09. The van der Waals surface area contributed by atoms with Crippen molar-refractivity contribution in [3.63, 3.8) is 0 Å². The quantitative estimate of drug-likeness (QED) is 0.513. The summed E-state index contributed by atoms with van der Waals surface area (Å²) in [4.78, 5) is 44.8. The average molecular weight is 304 g/mol. The summed E-state index contributed by atoms with van der Waals surface area (Å²) >= 11 is 0. The van der Waals surface area contributed by atoms with Crippen LogP contribution in [0.25, 0.3) is 0 Å². The standard InChI is InChI=1S/C12H12N6O4/c19-9(21-11-15-5-13-6-16-11)3-1-2-4-10(20)22-12-17-7-14-8-18-12/h5-8H,1-4H2. The van der Waals surface area contributed by atoms with E-state index in [0.717, 1.165) is 0 Å². The molecule has 0 aliphatic rings. The Balaban J connectivity index is 1.60. The maximum Gasteiger partial charge on any atom is 0.327 e. The molecule has 114 valence electrons. The fourth-order valence-corrected chi connectivity index (χ4v) is 1.41. The average Bonchev–Trinajstić information content (AvgIpc) is 2.53. The number of aromatic nitrogens is 6. The van der Waals surface area contributed by atoms with E-state index in [0.29, 0.717) is 12.8 Å². The van der Waals surface area contributed by atoms with Crippen LogP contribution in [0.1, 0.15) is 25.7 Å². The molecule has 2 aromatic rings. The minimum atomic E-state index is -0.475. The van der Waals surface area contributed by atoms with E-state index in [1.807, 2.05) is 0 Å². The highest BCUT2D eigenvalue weighted by atomic mass is 16.6. The molecule has 0 saturated carbocycles. The number of carbonyl (C=O) groups is 2. The van der Waals surface area contributed by atoms with Crippen LogP contribution >= 0.6 is 0 Å². The smallest absolute Gasteiger partial charge is 0.327 e. The van der Waals surface area contributed by atoms with Gasteiger partial charge in [0.25, 0.3) is 0 Å². The number of hydrogen-bond acceptors (Lipinski definition) is 10. The summed E-state index contributed by atoms with van der Waals surface area (Å²) in [5, 5.41) is 0. The lowest BCUT2D eigenvalue weighted by Crippen LogP contribution is -2.12. The molecule has 2 rings (SSSR count). The molecule has 2 heterocycles. The van der Waals surface area contributed by atoms with Gasteiger partial charge in [0.15, 0.2) is 0 Å². The zero-order valence-corrected chi connectivity index (χ0v) is 11.5. The highest BCUT2D eigenvalue weighted by molar-refractivity contribution is 5.72. The molecule has 0 N–H and O–H groups in total. The lowest BCUT2D eigenvalue weighted by atomic mass is 10.2. The second-order valence-corrected chi connectivity index (χ2v) is 4.00. The molecule has 0 aromatic carbocycles. The Labute approximate surface area is 125 Å². The van der Waals surface area contributed by atoms with Crippen LogP contribution in [0.5, 0.6) is 12.0 Å². The van der Waals surface area contributed by atoms with Gasteiger partial charge < -0.3 is 9.47 Å². The Hall–Kier alpha value is -3.04. The van der Waals surface area contributed by atoms with Crippen molar-refractivity contribution in [1.29, 1.82) is 0 Å². The van der Waals surface area contributed by atoms with Gasteiger partial charge in [0.05, 0.1) is 0 Å². The maximum atomic E-state index is 11.5. The normalized spacial score (nSPS) is 10.0. The van der Waals surface area contributed by atoms with Crippen molar-refractivity contribution in [2.75, 3.05) is 0 Å². The van der Waals surface area contributed by atoms with Gasteiger partial charge >= 0.3 is 24.0 Å². The third-order valence-electron chi connectivity index (χ3n) is 2.36. The van der Waals surface area contributed by atoms with Gasteiger partial charge in [-0.25, -0.2) is 9.97 Å². The van der Waals surface area contributed by atoms with Gasteiger partial charge in [-0.1, -0.05) is 0 Å². The first kappa shape index (κ1) is 15.4. The molecule has 22 heavy (non-hydrogen) atoms. The Morgan fingerprint density at radius 3 is 1.45 bits per heavy atom. The summed E-state index contributed by atoms with van der Waals surface area (Å²) in [5.41, 5.74) is 0. The van der Waals surface area contributed by atoms with E-state index in [2.05, 4.69) is 29.9 Å². The summed E-state index contributed by atoms with van der Waals surface area (Å²) in [6.45, 7) is 0. The monoisotopic (exact) mass is 304 g/mol. The number of hydrogen-bond donors (Lipinski definition) is 0. The summed E-state index contributed by atoms with van der Waals surface area (Å²) in [6.07, 6.45) is 6.14. The number of unbranched alkanes of at least 4 members (excludes halogenated alkanes) is 1. The summed E-state index contributed by atoms with van der Waals surface area (Å²) < 4.78 is 9.75. The van der Waals surface area contributed by atoms with Crippen LogP contribution < -0.4 is 9.47 Å². The fraction of sp³-hybridized carbons (Fsp3) is 0.333. The van der Waals surface area contributed by atoms with Crippen molar-refractivity contribution in [3.8, 4) is 12.0 Å². The Bertz CT molecular complexity index is 554. The van der Waals surface area contributed by atoms with Crippen LogP contribution in [-0.2, 0) is 9.59 Å². The molecule has 0 unspecified atom stereocenters. The van der Waals surface area contributed by atoms with E-state index in [9.17, 15) is 9.59 Å². The molecule has 0 atom stereocenters. The van der Waals surface area contributed by atoms with Crippen molar-refractivity contribution in [2.45, 2.75) is 25.7 Å². The van der Waals surface area contributed by atoms with Crippen LogP contribution in [-0.4, -0.2) is 41.8 Å². The number of rotatable bonds is 7. The first-order chi connectivity index (χ1) is 10.7. The molecule has 0 bridgehead atoms. The first-order valence-electron chi connectivity index (χ1n) is 6.39. The summed E-state index contributed by atoms with van der Waals surface area (Å²) in [7, 11) is 0. The second kappa shape index (κ2) is 8.29. The number of ether oxygens (including phenoxy) is 2. The zero-order valence-electron chi connectivity index (χ0n) is 11.5. The van der Waals surface area contributed by atoms with Gasteiger partial charge in [0.2, 0.25) is 0 Å². The van der Waals surface area contributed by atoms with E-state index < -0.39 is 11.9 Å². The van der Waals surface area contributed by atoms with E-state index in [1.165, 1.54) is 25.3 Å². The van der Waals surface area contributed by atoms with Crippen LogP contribution in [0.15, 0.2) is 25.3 Å². The largest absolute Gasteiger partial charge is 0.391 e. The third-order valence-corrected chi connectivity index (χ3v) is 2.36. The molecule has 0 aliphatic heterocycles. The molecular weight excluding hydrogens is 292 g/mol. The van der Waals surface area contributed by atoms with E-state index >= 15 is 0 Å². The maximum absolute atomic E-state index is 11.5. The van der Waals surface area contributed by atoms with E-state index in [4.69, 9.17) is 9.47 Å². The van der Waals surface area contributed by atoms with Crippen molar-refractivity contribution in [3.05, 3.63) is 25.3 Å². The fourth-order valence-electron chi connectivity index (χ4n) is 1.41. The first-order valence-corrected chi connectivity index (χ1v) is 6.39. The number of nitrogens with zero attached hydrogens (tertiary/aromatic N) is 6. The molecule has 0 amide bonds. The lowest BCUT2D eigenvalue weighted by Gasteiger charge is -2.02. The van der Waals surface area contributed by atoms with Crippen molar-refractivity contribution in [1.82, 2.24) is 29.9 Å². The molecule has 0 saturated heterocycles. The SMILES string of the molecule is O=C(CCCCC(=O)Oc1ncncn1)Oc1ncncn1. The molecule has 0 aliphatic carbocycles. The molecule has 10 heteroatoms. The molecule has 2 aromatic heterocycles. The molecule has 0 radical (unpaired) electrons. The Morgan fingerprint density at radius 2 is 1.09 bits per heavy atom. The summed E-state index contributed by atoms with van der Waals surface area (Å²) in [6, 6.07) is -0.0940. The molecule has 10 nitrogen and oxygen atoms in total. The van der Waals surface area contributed by atoms with Crippen LogP contribution in [0.3, 0.4) is 0 Å². The van der Waals surface area contributed by atoms with Gasteiger partial charge in [-0.15, -0.1) is 0 Å². The minimum absolute atomic E-state index is 0.0470. The summed E-state index contributed by atoms with van der Waals surface area (Å²) in [5.74, 6) is -0.950. The van der Waals surface area contributed by atoms with Gasteiger partial charge in [0, 0.05) is 12.8 Å². The predicted molar refractivity (Wildman–Crippen MR) is 69.4 cm³/mol. The number of esters is 2. The van der Waals surface area contributed by atoms with E-state index in [-0.39, 0.29) is 24.9 Å². The topological polar surface area (TPSA) is 130 Å². The van der Waals surface area contributed by atoms with Crippen LogP contribution in [0.4, 0.5) is 0 Å². The van der Waals surface area contributed by atoms with Crippen molar-refractivity contribution >= 4 is 11.9 Å². The Kier molecular flexibility index (Phi) is 5.79. The van der Waals surface area contributed by atoms with Gasteiger partial charge in [-0.3, -0.25) is 9.59 Å². The Morgan fingerprint density at radius 1 is 0.727 bits per heavy atom. The van der Waals surface area contributed by atoms with E-state index in [1.54, 1.807) is 0 Å². The minimum Gasteiger partial charge on any atom is -0.391 e. The number of carbonyl (C=O) groups excluding carboxylic acids is 2. The molecular formula is C12H12N6O4. The molecule has 0 fully saturated rings.